The molecule has 0 saturated carbocycles. The van der Waals surface area contributed by atoms with Crippen molar-refractivity contribution >= 4 is 33.9 Å². The Morgan fingerprint density at radius 3 is 2.47 bits per heavy atom. The minimum Gasteiger partial charge on any atom is -0.486 e. The second kappa shape index (κ2) is 7.71. The van der Waals surface area contributed by atoms with Crippen molar-refractivity contribution in [3.8, 4) is 5.75 Å². The van der Waals surface area contributed by atoms with Gasteiger partial charge in [0.15, 0.2) is 0 Å². The number of aromatic amines is 1. The molecule has 1 amide bonds. The summed E-state index contributed by atoms with van der Waals surface area (Å²) in [5.41, 5.74) is 3.38. The fourth-order valence-corrected chi connectivity index (χ4v) is 3.40. The molecule has 0 aliphatic rings. The predicted molar refractivity (Wildman–Crippen MR) is 115 cm³/mol. The number of ether oxygens (including phenoxy) is 1. The molecule has 0 aliphatic heterocycles. The Morgan fingerprint density at radius 1 is 0.900 bits per heavy atom. The number of amides is 1. The molecule has 0 fully saturated rings. The fraction of sp³-hybridized carbons (Fsp3) is 0.0870. The Hall–Kier alpha value is -4.13. The lowest BCUT2D eigenvalue weighted by molar-refractivity contribution is -0.116. The smallest absolute Gasteiger partial charge is 0.246 e. The van der Waals surface area contributed by atoms with Crippen LogP contribution in [0.3, 0.4) is 0 Å². The van der Waals surface area contributed by atoms with Crippen LogP contribution in [-0.2, 0) is 17.9 Å². The predicted octanol–water partition coefficient (Wildman–Crippen LogP) is 4.13. The van der Waals surface area contributed by atoms with Crippen molar-refractivity contribution in [3.63, 3.8) is 0 Å². The fourth-order valence-electron chi connectivity index (χ4n) is 3.40. The van der Waals surface area contributed by atoms with E-state index in [2.05, 4.69) is 20.3 Å². The van der Waals surface area contributed by atoms with Gasteiger partial charge in [-0.2, -0.15) is 0 Å². The number of rotatable bonds is 6. The molecule has 30 heavy (non-hydrogen) atoms. The number of nitrogens with zero attached hydrogens (tertiary/aromatic N) is 3. The topological polar surface area (TPSA) is 84.8 Å². The van der Waals surface area contributed by atoms with Gasteiger partial charge in [0, 0.05) is 0 Å². The van der Waals surface area contributed by atoms with E-state index in [1.54, 1.807) is 0 Å². The Labute approximate surface area is 172 Å². The highest BCUT2D eigenvalue weighted by Crippen LogP contribution is 2.19. The Bertz CT molecular complexity index is 1290. The van der Waals surface area contributed by atoms with Crippen LogP contribution in [-0.4, -0.2) is 25.4 Å². The number of carbonyl (C=O) groups is 1. The molecule has 0 atom stereocenters. The molecule has 2 N–H and O–H groups in total. The standard InChI is InChI=1S/C23H19N5O2/c29-22(27-23-25-17-10-4-5-11-18(17)26-23)14-28-20-13-7-6-12-19(20)24-21(28)15-30-16-8-2-1-3-9-16/h1-13H,14-15H2,(H2,25,26,27,29). The van der Waals surface area contributed by atoms with Gasteiger partial charge in [0.1, 0.15) is 24.7 Å². The monoisotopic (exact) mass is 397 g/mol. The van der Waals surface area contributed by atoms with Crippen molar-refractivity contribution in [2.24, 2.45) is 0 Å². The van der Waals surface area contributed by atoms with Crippen LogP contribution in [0.15, 0.2) is 78.9 Å². The maximum absolute atomic E-state index is 12.8. The van der Waals surface area contributed by atoms with Crippen LogP contribution in [0.1, 0.15) is 5.82 Å². The van der Waals surface area contributed by atoms with Crippen LogP contribution in [0.4, 0.5) is 5.95 Å². The van der Waals surface area contributed by atoms with Crippen LogP contribution in [0, 0.1) is 0 Å². The number of imidazole rings is 2. The van der Waals surface area contributed by atoms with Crippen LogP contribution >= 0.6 is 0 Å². The lowest BCUT2D eigenvalue weighted by Gasteiger charge is -2.10. The Morgan fingerprint density at radius 2 is 1.63 bits per heavy atom. The number of anilines is 1. The molecule has 2 aromatic heterocycles. The molecule has 2 heterocycles. The van der Waals surface area contributed by atoms with Gasteiger partial charge >= 0.3 is 0 Å². The summed E-state index contributed by atoms with van der Waals surface area (Å²) in [5.74, 6) is 1.66. The molecular formula is C23H19N5O2. The average Bonchev–Trinajstić information content (AvgIpc) is 3.33. The van der Waals surface area contributed by atoms with E-state index in [0.717, 1.165) is 27.8 Å². The van der Waals surface area contributed by atoms with Crippen molar-refractivity contribution in [1.29, 1.82) is 0 Å². The van der Waals surface area contributed by atoms with Crippen LogP contribution in [0.5, 0.6) is 5.75 Å². The van der Waals surface area contributed by atoms with Crippen molar-refractivity contribution in [2.75, 3.05) is 5.32 Å². The first-order chi connectivity index (χ1) is 14.8. The summed E-state index contributed by atoms with van der Waals surface area (Å²) in [6.45, 7) is 0.363. The van der Waals surface area contributed by atoms with Gasteiger partial charge in [-0.05, 0) is 36.4 Å². The molecule has 5 rings (SSSR count). The second-order valence-corrected chi connectivity index (χ2v) is 6.86. The van der Waals surface area contributed by atoms with Crippen molar-refractivity contribution in [2.45, 2.75) is 13.2 Å². The van der Waals surface area contributed by atoms with Crippen LogP contribution in [0.2, 0.25) is 0 Å². The van der Waals surface area contributed by atoms with E-state index < -0.39 is 0 Å². The SMILES string of the molecule is O=C(Cn1c(COc2ccccc2)nc2ccccc21)Nc1nc2ccccc2[nH]1. The molecule has 0 aliphatic carbocycles. The van der Waals surface area contributed by atoms with Gasteiger partial charge in [-0.1, -0.05) is 42.5 Å². The van der Waals surface area contributed by atoms with Gasteiger partial charge in [0.25, 0.3) is 0 Å². The third-order valence-electron chi connectivity index (χ3n) is 4.79. The van der Waals surface area contributed by atoms with Crippen LogP contribution < -0.4 is 10.1 Å². The summed E-state index contributed by atoms with van der Waals surface area (Å²) in [7, 11) is 0. The van der Waals surface area contributed by atoms with Crippen molar-refractivity contribution < 1.29 is 9.53 Å². The maximum atomic E-state index is 12.8. The van der Waals surface area contributed by atoms with Crippen molar-refractivity contribution in [1.82, 2.24) is 19.5 Å². The normalized spacial score (nSPS) is 11.1. The number of fused-ring (bicyclic) bond motifs is 2. The summed E-state index contributed by atoms with van der Waals surface area (Å²) < 4.78 is 7.74. The molecule has 7 heteroatoms. The zero-order chi connectivity index (χ0) is 20.3. The van der Waals surface area contributed by atoms with E-state index in [1.165, 1.54) is 0 Å². The number of hydrogen-bond donors (Lipinski definition) is 2. The van der Waals surface area contributed by atoms with Gasteiger partial charge in [-0.3, -0.25) is 10.1 Å². The summed E-state index contributed by atoms with van der Waals surface area (Å²) >= 11 is 0. The number of carbonyl (C=O) groups excluding carboxylic acids is 1. The third-order valence-corrected chi connectivity index (χ3v) is 4.79. The van der Waals surface area contributed by atoms with E-state index in [1.807, 2.05) is 83.4 Å². The number of H-pyrrole nitrogens is 1. The minimum atomic E-state index is -0.196. The molecule has 148 valence electrons. The molecule has 5 aromatic rings. The molecule has 0 saturated heterocycles. The van der Waals surface area contributed by atoms with Gasteiger partial charge < -0.3 is 14.3 Å². The van der Waals surface area contributed by atoms with E-state index in [9.17, 15) is 4.79 Å². The molecule has 0 radical (unpaired) electrons. The zero-order valence-corrected chi connectivity index (χ0v) is 16.1. The lowest BCUT2D eigenvalue weighted by Crippen LogP contribution is -2.21. The van der Waals surface area contributed by atoms with Gasteiger partial charge in [-0.25, -0.2) is 9.97 Å². The first-order valence-corrected chi connectivity index (χ1v) is 9.63. The summed E-state index contributed by atoms with van der Waals surface area (Å²) in [6, 6.07) is 24.9. The highest BCUT2D eigenvalue weighted by molar-refractivity contribution is 5.92. The lowest BCUT2D eigenvalue weighted by atomic mass is 10.3. The summed E-state index contributed by atoms with van der Waals surface area (Å²) in [4.78, 5) is 24.9. The van der Waals surface area contributed by atoms with Gasteiger partial charge in [-0.15, -0.1) is 0 Å². The van der Waals surface area contributed by atoms with E-state index in [0.29, 0.717) is 11.8 Å². The van der Waals surface area contributed by atoms with E-state index in [4.69, 9.17) is 4.74 Å². The van der Waals surface area contributed by atoms with Gasteiger partial charge in [0.05, 0.1) is 22.1 Å². The largest absolute Gasteiger partial charge is 0.486 e. The summed E-state index contributed by atoms with van der Waals surface area (Å²) in [6.07, 6.45) is 0. The minimum absolute atomic E-state index is 0.102. The number of aromatic nitrogens is 4. The first-order valence-electron chi connectivity index (χ1n) is 9.63. The zero-order valence-electron chi connectivity index (χ0n) is 16.1. The highest BCUT2D eigenvalue weighted by Gasteiger charge is 2.15. The number of para-hydroxylation sites is 5. The second-order valence-electron chi connectivity index (χ2n) is 6.86. The van der Waals surface area contributed by atoms with E-state index in [-0.39, 0.29) is 19.1 Å². The van der Waals surface area contributed by atoms with E-state index >= 15 is 0 Å². The van der Waals surface area contributed by atoms with Crippen molar-refractivity contribution in [3.05, 3.63) is 84.7 Å². The molecule has 0 bridgehead atoms. The molecule has 0 spiro atoms. The first kappa shape index (κ1) is 17.9. The van der Waals surface area contributed by atoms with Crippen LogP contribution in [0.25, 0.3) is 22.1 Å². The van der Waals surface area contributed by atoms with Gasteiger partial charge in [0.2, 0.25) is 11.9 Å². The Kier molecular flexibility index (Phi) is 4.61. The molecule has 3 aromatic carbocycles. The average molecular weight is 397 g/mol. The number of benzene rings is 3. The summed E-state index contributed by atoms with van der Waals surface area (Å²) in [5, 5.41) is 2.84. The number of hydrogen-bond acceptors (Lipinski definition) is 4. The third kappa shape index (κ3) is 3.60. The molecular weight excluding hydrogens is 378 g/mol. The highest BCUT2D eigenvalue weighted by atomic mass is 16.5. The molecule has 7 nitrogen and oxygen atoms in total. The molecule has 0 unspecified atom stereocenters. The number of nitrogens with one attached hydrogen (secondary N) is 2. The Balaban J connectivity index is 1.38. The maximum Gasteiger partial charge on any atom is 0.246 e. The quantitative estimate of drug-likeness (QED) is 0.451.